The third kappa shape index (κ3) is 3.01. The van der Waals surface area contributed by atoms with Crippen LogP contribution in [0.25, 0.3) is 0 Å². The molecule has 0 bridgehead atoms. The molecular weight excluding hydrogens is 361 g/mol. The largest absolute Gasteiger partial charge is 0.492 e. The quantitative estimate of drug-likeness (QED) is 0.781. The second kappa shape index (κ2) is 6.04. The zero-order valence-electron chi connectivity index (χ0n) is 12.8. The molecule has 0 saturated heterocycles. The van der Waals surface area contributed by atoms with E-state index in [0.717, 1.165) is 18.2 Å². The number of carbonyl (C=O) groups excluding carboxylic acids is 1. The third-order valence-electron chi connectivity index (χ3n) is 3.98. The molecule has 1 aromatic carbocycles. The van der Waals surface area contributed by atoms with Crippen molar-refractivity contribution >= 4 is 35.8 Å². The lowest BCUT2D eigenvalue weighted by Gasteiger charge is -2.32. The fourth-order valence-electron chi connectivity index (χ4n) is 2.80. The molecule has 1 amide bonds. The Labute approximate surface area is 145 Å². The van der Waals surface area contributed by atoms with Gasteiger partial charge in [0.25, 0.3) is 5.91 Å². The van der Waals surface area contributed by atoms with Crippen LogP contribution in [0.15, 0.2) is 24.4 Å². The number of nitrogens with zero attached hydrogens (tertiary/aromatic N) is 3. The highest BCUT2D eigenvalue weighted by Crippen LogP contribution is 2.37. The summed E-state index contributed by atoms with van der Waals surface area (Å²) >= 11 is 5.72. The van der Waals surface area contributed by atoms with Gasteiger partial charge in [0, 0.05) is 23.9 Å². The number of halogens is 4. The van der Waals surface area contributed by atoms with E-state index in [1.54, 1.807) is 6.92 Å². The molecule has 0 saturated carbocycles. The van der Waals surface area contributed by atoms with E-state index in [0.29, 0.717) is 0 Å². The molecule has 25 heavy (non-hydrogen) atoms. The van der Waals surface area contributed by atoms with E-state index in [1.165, 1.54) is 15.8 Å². The number of anilines is 1. The monoisotopic (exact) mass is 373 g/mol. The van der Waals surface area contributed by atoms with Crippen LogP contribution in [0.3, 0.4) is 0 Å². The van der Waals surface area contributed by atoms with E-state index in [1.807, 2.05) is 0 Å². The minimum absolute atomic E-state index is 0.0234. The van der Waals surface area contributed by atoms with Crippen LogP contribution >= 0.6 is 11.6 Å². The van der Waals surface area contributed by atoms with Crippen molar-refractivity contribution in [2.24, 2.45) is 0 Å². The predicted octanol–water partition coefficient (Wildman–Crippen LogP) is 1.46. The summed E-state index contributed by atoms with van der Waals surface area (Å²) in [6.07, 6.45) is -3.42. The number of hydrogen-bond donors (Lipinski definition) is 2. The normalized spacial score (nSPS) is 17.6. The molecular formula is C14H12BClF3N3O3. The Balaban J connectivity index is 2.03. The molecule has 3 rings (SSSR count). The average molecular weight is 374 g/mol. The van der Waals surface area contributed by atoms with Crippen molar-refractivity contribution < 1.29 is 28.0 Å². The zero-order valence-corrected chi connectivity index (χ0v) is 13.6. The van der Waals surface area contributed by atoms with Crippen LogP contribution in [0.1, 0.15) is 29.0 Å². The molecule has 132 valence electrons. The highest BCUT2D eigenvalue weighted by molar-refractivity contribution is 6.60. The molecule has 2 aromatic rings. The Morgan fingerprint density at radius 3 is 2.60 bits per heavy atom. The van der Waals surface area contributed by atoms with Gasteiger partial charge in [-0.15, -0.1) is 0 Å². The molecule has 2 N–H and O–H groups in total. The summed E-state index contributed by atoms with van der Waals surface area (Å²) in [5.74, 6) is -0.602. The first kappa shape index (κ1) is 17.8. The summed E-state index contributed by atoms with van der Waals surface area (Å²) in [6.45, 7) is 1.89. The van der Waals surface area contributed by atoms with Crippen molar-refractivity contribution in [3.63, 3.8) is 0 Å². The summed E-state index contributed by atoms with van der Waals surface area (Å²) in [7, 11) is -1.89. The molecule has 0 radical (unpaired) electrons. The minimum Gasteiger partial charge on any atom is -0.423 e. The van der Waals surface area contributed by atoms with Crippen molar-refractivity contribution in [1.29, 1.82) is 0 Å². The summed E-state index contributed by atoms with van der Waals surface area (Å²) < 4.78 is 39.8. The second-order valence-electron chi connectivity index (χ2n) is 5.69. The number of benzene rings is 1. The van der Waals surface area contributed by atoms with Gasteiger partial charge in [-0.25, -0.2) is 0 Å². The molecule has 1 aromatic heterocycles. The minimum atomic E-state index is -4.60. The van der Waals surface area contributed by atoms with Gasteiger partial charge >= 0.3 is 13.3 Å². The van der Waals surface area contributed by atoms with Gasteiger partial charge in [-0.05, 0) is 25.1 Å². The molecule has 1 aliphatic heterocycles. The molecule has 11 heteroatoms. The predicted molar refractivity (Wildman–Crippen MR) is 84.9 cm³/mol. The maximum absolute atomic E-state index is 12.8. The number of rotatable bonds is 2. The van der Waals surface area contributed by atoms with Crippen molar-refractivity contribution in [3.8, 4) is 0 Å². The van der Waals surface area contributed by atoms with Crippen molar-refractivity contribution in [2.75, 3.05) is 11.4 Å². The van der Waals surface area contributed by atoms with Crippen LogP contribution < -0.4 is 10.4 Å². The maximum Gasteiger partial charge on any atom is 0.492 e. The number of alkyl halides is 3. The number of carbonyl (C=O) groups is 1. The first-order chi connectivity index (χ1) is 11.6. The molecule has 2 heterocycles. The summed E-state index contributed by atoms with van der Waals surface area (Å²) in [5.41, 5.74) is -0.906. The highest BCUT2D eigenvalue weighted by atomic mass is 35.5. The SMILES string of the molecule is C[C@H]1CN(c2ccc(C(F)(F)F)c(Cl)c2)C(=O)c2c(B(O)O)cnn21. The van der Waals surface area contributed by atoms with Crippen LogP contribution in [-0.2, 0) is 6.18 Å². The highest BCUT2D eigenvalue weighted by Gasteiger charge is 2.37. The lowest BCUT2D eigenvalue weighted by atomic mass is 9.80. The van der Waals surface area contributed by atoms with Crippen LogP contribution in [0.2, 0.25) is 5.02 Å². The first-order valence-corrected chi connectivity index (χ1v) is 7.61. The van der Waals surface area contributed by atoms with Gasteiger partial charge in [-0.1, -0.05) is 11.6 Å². The Kier molecular flexibility index (Phi) is 4.30. The van der Waals surface area contributed by atoms with Gasteiger partial charge in [0.15, 0.2) is 0 Å². The fourth-order valence-corrected chi connectivity index (χ4v) is 3.08. The van der Waals surface area contributed by atoms with E-state index in [-0.39, 0.29) is 29.4 Å². The fraction of sp³-hybridized carbons (Fsp3) is 0.286. The third-order valence-corrected chi connectivity index (χ3v) is 4.30. The lowest BCUT2D eigenvalue weighted by molar-refractivity contribution is -0.137. The van der Waals surface area contributed by atoms with Crippen molar-refractivity contribution in [3.05, 3.63) is 40.7 Å². The molecule has 0 fully saturated rings. The van der Waals surface area contributed by atoms with Gasteiger partial charge < -0.3 is 14.9 Å². The number of aromatic nitrogens is 2. The van der Waals surface area contributed by atoms with E-state index in [4.69, 9.17) is 11.6 Å². The zero-order chi connectivity index (χ0) is 18.5. The number of amides is 1. The molecule has 6 nitrogen and oxygen atoms in total. The standard InChI is InChI=1S/C14H12BClF3N3O3/c1-7-6-21(8-2-3-9(11(16)4-8)14(17,18)19)13(23)12-10(15(24)25)5-20-22(7)12/h2-5,7,24-25H,6H2,1H3/t7-/m0/s1. The molecule has 0 spiro atoms. The molecule has 0 unspecified atom stereocenters. The summed E-state index contributed by atoms with van der Waals surface area (Å²) in [6, 6.07) is 2.71. The van der Waals surface area contributed by atoms with Gasteiger partial charge in [-0.3, -0.25) is 9.48 Å². The van der Waals surface area contributed by atoms with Gasteiger partial charge in [0.05, 0.1) is 16.6 Å². The van der Waals surface area contributed by atoms with Crippen LogP contribution in [0, 0.1) is 0 Å². The Morgan fingerprint density at radius 1 is 1.36 bits per heavy atom. The number of fused-ring (bicyclic) bond motifs is 1. The maximum atomic E-state index is 12.8. The molecule has 1 aliphatic rings. The molecule has 1 atom stereocenters. The Morgan fingerprint density at radius 2 is 2.04 bits per heavy atom. The van der Waals surface area contributed by atoms with Gasteiger partial charge in [0.2, 0.25) is 0 Å². The van der Waals surface area contributed by atoms with E-state index in [2.05, 4.69) is 5.10 Å². The smallest absolute Gasteiger partial charge is 0.423 e. The van der Waals surface area contributed by atoms with Crippen LogP contribution in [0.4, 0.5) is 18.9 Å². The number of hydrogen-bond acceptors (Lipinski definition) is 4. The average Bonchev–Trinajstić information content (AvgIpc) is 2.95. The molecule has 0 aliphatic carbocycles. The van der Waals surface area contributed by atoms with Gasteiger partial charge in [-0.2, -0.15) is 18.3 Å². The van der Waals surface area contributed by atoms with Crippen molar-refractivity contribution in [1.82, 2.24) is 9.78 Å². The van der Waals surface area contributed by atoms with Gasteiger partial charge in [0.1, 0.15) is 5.69 Å². The topological polar surface area (TPSA) is 78.6 Å². The second-order valence-corrected chi connectivity index (χ2v) is 6.10. The van der Waals surface area contributed by atoms with E-state index in [9.17, 15) is 28.0 Å². The van der Waals surface area contributed by atoms with Crippen molar-refractivity contribution in [2.45, 2.75) is 19.1 Å². The first-order valence-electron chi connectivity index (χ1n) is 7.23. The Bertz CT molecular complexity index is 827. The van der Waals surface area contributed by atoms with Crippen LogP contribution in [0.5, 0.6) is 0 Å². The lowest BCUT2D eigenvalue weighted by Crippen LogP contribution is -2.47. The summed E-state index contributed by atoms with van der Waals surface area (Å²) in [4.78, 5) is 14.0. The van der Waals surface area contributed by atoms with E-state index >= 15 is 0 Å². The Hall–Kier alpha value is -2.04. The summed E-state index contributed by atoms with van der Waals surface area (Å²) in [5, 5.41) is 22.2. The van der Waals surface area contributed by atoms with Crippen LogP contribution in [-0.4, -0.2) is 39.4 Å². The van der Waals surface area contributed by atoms with E-state index < -0.39 is 29.8 Å².